The Morgan fingerprint density at radius 2 is 2.08 bits per heavy atom. The van der Waals surface area contributed by atoms with Gasteiger partial charge in [-0.2, -0.15) is 0 Å². The zero-order valence-electron chi connectivity index (χ0n) is 14.2. The van der Waals surface area contributed by atoms with Gasteiger partial charge in [0.15, 0.2) is 18.1 Å². The van der Waals surface area contributed by atoms with Gasteiger partial charge in [-0.05, 0) is 23.8 Å². The van der Waals surface area contributed by atoms with Crippen molar-refractivity contribution in [1.82, 2.24) is 10.2 Å². The number of carbonyl (C=O) groups is 3. The number of amides is 3. The van der Waals surface area contributed by atoms with Gasteiger partial charge in [-0.1, -0.05) is 17.7 Å². The molecule has 0 atom stereocenters. The van der Waals surface area contributed by atoms with Gasteiger partial charge in [0, 0.05) is 6.54 Å². The van der Waals surface area contributed by atoms with Gasteiger partial charge in [-0.25, -0.2) is 9.59 Å². The average Bonchev–Trinajstić information content (AvgIpc) is 2.87. The molecule has 1 aromatic carbocycles. The number of ether oxygens (including phenoxy) is 3. The standard InChI is InChI=1S/C17H17ClN2O6/c1-4-5-20-16(22)12(19-17(20)23)7-10-6-11(18)15(13(8-10)24-2)26-9-14(21)25-3/h4,6-8H,1,5,9H2,2-3H3,(H,19,23)/b12-7+. The van der Waals surface area contributed by atoms with Crippen LogP contribution in [0.5, 0.6) is 11.5 Å². The number of carbonyl (C=O) groups excluding carboxylic acids is 3. The summed E-state index contributed by atoms with van der Waals surface area (Å²) in [6, 6.07) is 2.54. The molecule has 0 saturated carbocycles. The molecule has 1 aliphatic rings. The van der Waals surface area contributed by atoms with Gasteiger partial charge in [0.2, 0.25) is 0 Å². The average molecular weight is 381 g/mol. The topological polar surface area (TPSA) is 94.2 Å². The first kappa shape index (κ1) is 19.3. The fraction of sp³-hybridized carbons (Fsp3) is 0.235. The van der Waals surface area contributed by atoms with Crippen LogP contribution in [-0.4, -0.2) is 50.2 Å². The maximum Gasteiger partial charge on any atom is 0.343 e. The molecule has 26 heavy (non-hydrogen) atoms. The summed E-state index contributed by atoms with van der Waals surface area (Å²) in [6.45, 7) is 3.28. The van der Waals surface area contributed by atoms with Crippen LogP contribution in [0.2, 0.25) is 5.02 Å². The van der Waals surface area contributed by atoms with Gasteiger partial charge in [0.25, 0.3) is 5.91 Å². The molecule has 0 bridgehead atoms. The highest BCUT2D eigenvalue weighted by molar-refractivity contribution is 6.32. The largest absolute Gasteiger partial charge is 0.493 e. The van der Waals surface area contributed by atoms with E-state index in [1.165, 1.54) is 32.4 Å². The highest BCUT2D eigenvalue weighted by atomic mass is 35.5. The number of hydrogen-bond acceptors (Lipinski definition) is 6. The minimum Gasteiger partial charge on any atom is -0.493 e. The van der Waals surface area contributed by atoms with Crippen LogP contribution in [0, 0.1) is 0 Å². The summed E-state index contributed by atoms with van der Waals surface area (Å²) in [5, 5.41) is 2.65. The van der Waals surface area contributed by atoms with Gasteiger partial charge < -0.3 is 19.5 Å². The van der Waals surface area contributed by atoms with E-state index in [2.05, 4.69) is 16.6 Å². The lowest BCUT2D eigenvalue weighted by atomic mass is 10.1. The molecule has 1 N–H and O–H groups in total. The summed E-state index contributed by atoms with van der Waals surface area (Å²) in [6.07, 6.45) is 2.91. The number of halogens is 1. The van der Waals surface area contributed by atoms with E-state index in [9.17, 15) is 14.4 Å². The van der Waals surface area contributed by atoms with Crippen molar-refractivity contribution >= 4 is 35.6 Å². The molecule has 0 unspecified atom stereocenters. The normalized spacial score (nSPS) is 15.0. The Labute approximate surface area is 154 Å². The van der Waals surface area contributed by atoms with E-state index >= 15 is 0 Å². The maximum absolute atomic E-state index is 12.2. The second-order valence-electron chi connectivity index (χ2n) is 5.09. The fourth-order valence-electron chi connectivity index (χ4n) is 2.19. The summed E-state index contributed by atoms with van der Waals surface area (Å²) in [7, 11) is 2.64. The number of hydrogen-bond donors (Lipinski definition) is 1. The third kappa shape index (κ3) is 4.15. The zero-order valence-corrected chi connectivity index (χ0v) is 15.0. The summed E-state index contributed by atoms with van der Waals surface area (Å²) in [5.74, 6) is -0.628. The summed E-state index contributed by atoms with van der Waals surface area (Å²) in [4.78, 5) is 36.2. The van der Waals surface area contributed by atoms with Gasteiger partial charge in [-0.3, -0.25) is 9.69 Å². The van der Waals surface area contributed by atoms with Gasteiger partial charge in [0.1, 0.15) is 5.70 Å². The van der Waals surface area contributed by atoms with Crippen LogP contribution >= 0.6 is 11.6 Å². The lowest BCUT2D eigenvalue weighted by molar-refractivity contribution is -0.142. The van der Waals surface area contributed by atoms with Gasteiger partial charge in [-0.15, -0.1) is 6.58 Å². The van der Waals surface area contributed by atoms with Crippen molar-refractivity contribution in [2.75, 3.05) is 27.4 Å². The predicted molar refractivity (Wildman–Crippen MR) is 93.9 cm³/mol. The van der Waals surface area contributed by atoms with Crippen LogP contribution in [0.4, 0.5) is 4.79 Å². The molecule has 1 fully saturated rings. The quantitative estimate of drug-likeness (QED) is 0.336. The molecule has 0 aliphatic carbocycles. The van der Waals surface area contributed by atoms with Gasteiger partial charge in [0.05, 0.1) is 19.2 Å². The first-order chi connectivity index (χ1) is 12.4. The molecular weight excluding hydrogens is 364 g/mol. The van der Waals surface area contributed by atoms with Crippen molar-refractivity contribution in [2.45, 2.75) is 0 Å². The van der Waals surface area contributed by atoms with E-state index in [1.54, 1.807) is 6.07 Å². The fourth-order valence-corrected chi connectivity index (χ4v) is 2.46. The molecule has 0 aromatic heterocycles. The molecule has 1 aromatic rings. The van der Waals surface area contributed by atoms with Gasteiger partial charge >= 0.3 is 12.0 Å². The van der Waals surface area contributed by atoms with Crippen molar-refractivity contribution in [3.05, 3.63) is 41.1 Å². The van der Waals surface area contributed by atoms with Crippen molar-refractivity contribution in [3.63, 3.8) is 0 Å². The summed E-state index contributed by atoms with van der Waals surface area (Å²) < 4.78 is 15.0. The molecule has 1 saturated heterocycles. The molecule has 138 valence electrons. The number of esters is 1. The molecule has 1 aliphatic heterocycles. The van der Waals surface area contributed by atoms with Crippen LogP contribution < -0.4 is 14.8 Å². The van der Waals surface area contributed by atoms with Crippen molar-refractivity contribution in [2.24, 2.45) is 0 Å². The number of nitrogens with one attached hydrogen (secondary N) is 1. The molecule has 2 rings (SSSR count). The van der Waals surface area contributed by atoms with Crippen molar-refractivity contribution in [3.8, 4) is 11.5 Å². The molecule has 0 radical (unpaired) electrons. The monoisotopic (exact) mass is 380 g/mol. The first-order valence-electron chi connectivity index (χ1n) is 7.43. The molecule has 0 spiro atoms. The number of methoxy groups -OCH3 is 2. The third-order valence-electron chi connectivity index (χ3n) is 3.40. The van der Waals surface area contributed by atoms with Crippen LogP contribution in [0.25, 0.3) is 6.08 Å². The van der Waals surface area contributed by atoms with E-state index in [4.69, 9.17) is 21.1 Å². The third-order valence-corrected chi connectivity index (χ3v) is 3.68. The predicted octanol–water partition coefficient (Wildman–Crippen LogP) is 1.98. The molecular formula is C17H17ClN2O6. The Kier molecular flexibility index (Phi) is 6.24. The Bertz CT molecular complexity index is 790. The highest BCUT2D eigenvalue weighted by Crippen LogP contribution is 2.37. The number of rotatable bonds is 7. The smallest absolute Gasteiger partial charge is 0.343 e. The highest BCUT2D eigenvalue weighted by Gasteiger charge is 2.32. The second kappa shape index (κ2) is 8.39. The molecule has 9 heteroatoms. The molecule has 1 heterocycles. The van der Waals surface area contributed by atoms with Crippen LogP contribution in [0.3, 0.4) is 0 Å². The van der Waals surface area contributed by atoms with E-state index in [-0.39, 0.29) is 35.4 Å². The van der Waals surface area contributed by atoms with Crippen LogP contribution in [0.1, 0.15) is 5.56 Å². The Balaban J connectivity index is 2.30. The Morgan fingerprint density at radius 1 is 1.35 bits per heavy atom. The van der Waals surface area contributed by atoms with Crippen LogP contribution in [-0.2, 0) is 14.3 Å². The van der Waals surface area contributed by atoms with E-state index in [1.807, 2.05) is 0 Å². The van der Waals surface area contributed by atoms with E-state index < -0.39 is 17.9 Å². The minimum absolute atomic E-state index is 0.0956. The van der Waals surface area contributed by atoms with E-state index in [0.717, 1.165) is 4.90 Å². The SMILES string of the molecule is C=CCN1C(=O)N/C(=C/c2cc(Cl)c(OCC(=O)OC)c(OC)c2)C1=O. The number of urea groups is 1. The number of benzene rings is 1. The Morgan fingerprint density at radius 3 is 2.69 bits per heavy atom. The van der Waals surface area contributed by atoms with Crippen LogP contribution in [0.15, 0.2) is 30.5 Å². The number of imide groups is 1. The lowest BCUT2D eigenvalue weighted by Gasteiger charge is -2.12. The molecule has 3 amide bonds. The van der Waals surface area contributed by atoms with Crippen molar-refractivity contribution < 1.29 is 28.6 Å². The zero-order chi connectivity index (χ0) is 19.3. The maximum atomic E-state index is 12.2. The summed E-state index contributed by atoms with van der Waals surface area (Å²) >= 11 is 6.19. The second-order valence-corrected chi connectivity index (χ2v) is 5.50. The lowest BCUT2D eigenvalue weighted by Crippen LogP contribution is -2.30. The summed E-state index contributed by atoms with van der Waals surface area (Å²) in [5.41, 5.74) is 0.597. The minimum atomic E-state index is -0.573. The van der Waals surface area contributed by atoms with E-state index in [0.29, 0.717) is 5.56 Å². The first-order valence-corrected chi connectivity index (χ1v) is 7.81. The van der Waals surface area contributed by atoms with Crippen molar-refractivity contribution in [1.29, 1.82) is 0 Å². The molecule has 8 nitrogen and oxygen atoms in total. The number of nitrogens with zero attached hydrogens (tertiary/aromatic N) is 1. The Hall–Kier alpha value is -3.00.